The highest BCUT2D eigenvalue weighted by atomic mass is 16.5. The zero-order chi connectivity index (χ0) is 12.7. The van der Waals surface area contributed by atoms with E-state index < -0.39 is 5.97 Å². The molecule has 0 bridgehead atoms. The van der Waals surface area contributed by atoms with Gasteiger partial charge in [0.2, 0.25) is 5.91 Å². The second-order valence-corrected chi connectivity index (χ2v) is 4.66. The molecule has 0 aromatic carbocycles. The first-order valence-electron chi connectivity index (χ1n) is 6.14. The number of ether oxygens (including phenoxy) is 1. The van der Waals surface area contributed by atoms with E-state index in [-0.39, 0.29) is 12.3 Å². The summed E-state index contributed by atoms with van der Waals surface area (Å²) in [6.07, 6.45) is 3.27. The minimum Gasteiger partial charge on any atom is -0.469 e. The van der Waals surface area contributed by atoms with Gasteiger partial charge >= 0.3 is 5.97 Å². The molecule has 0 saturated carbocycles. The van der Waals surface area contributed by atoms with Gasteiger partial charge in [0.1, 0.15) is 6.42 Å². The maximum Gasteiger partial charge on any atom is 0.315 e. The van der Waals surface area contributed by atoms with Crippen molar-refractivity contribution in [2.75, 3.05) is 33.8 Å². The van der Waals surface area contributed by atoms with Crippen molar-refractivity contribution in [1.29, 1.82) is 0 Å². The lowest BCUT2D eigenvalue weighted by Gasteiger charge is -2.29. The quantitative estimate of drug-likeness (QED) is 0.560. The average molecular weight is 242 g/mol. The van der Waals surface area contributed by atoms with Crippen LogP contribution in [0.15, 0.2) is 0 Å². The van der Waals surface area contributed by atoms with Gasteiger partial charge in [0.15, 0.2) is 0 Å². The number of esters is 1. The number of nitrogens with one attached hydrogen (secondary N) is 1. The van der Waals surface area contributed by atoms with Gasteiger partial charge in [-0.3, -0.25) is 9.59 Å². The molecular weight excluding hydrogens is 220 g/mol. The lowest BCUT2D eigenvalue weighted by molar-refractivity contribution is -0.143. The molecule has 1 N–H and O–H groups in total. The predicted molar refractivity (Wildman–Crippen MR) is 64.5 cm³/mol. The Morgan fingerprint density at radius 3 is 2.88 bits per heavy atom. The van der Waals surface area contributed by atoms with Crippen LogP contribution >= 0.6 is 0 Å². The minimum atomic E-state index is -0.486. The van der Waals surface area contributed by atoms with E-state index in [2.05, 4.69) is 22.0 Å². The summed E-state index contributed by atoms with van der Waals surface area (Å²) in [5, 5.41) is 2.75. The molecule has 1 atom stereocenters. The van der Waals surface area contributed by atoms with Crippen LogP contribution in [0.3, 0.4) is 0 Å². The monoisotopic (exact) mass is 242 g/mol. The number of hydrogen-bond donors (Lipinski definition) is 1. The molecule has 1 rings (SSSR count). The summed E-state index contributed by atoms with van der Waals surface area (Å²) in [6, 6.07) is 0. The van der Waals surface area contributed by atoms with Crippen molar-refractivity contribution in [2.24, 2.45) is 5.92 Å². The van der Waals surface area contributed by atoms with E-state index in [1.807, 2.05) is 0 Å². The zero-order valence-corrected chi connectivity index (χ0v) is 10.7. The number of carbonyl (C=O) groups is 2. The SMILES string of the molecule is COC(=O)CC(=O)NCCC1CCCN(C)C1. The van der Waals surface area contributed by atoms with Gasteiger partial charge in [0, 0.05) is 13.1 Å². The van der Waals surface area contributed by atoms with Crippen LogP contribution in [0.25, 0.3) is 0 Å². The molecule has 0 aliphatic carbocycles. The normalized spacial score (nSPS) is 20.9. The van der Waals surface area contributed by atoms with E-state index in [1.165, 1.54) is 26.5 Å². The number of amides is 1. The summed E-state index contributed by atoms with van der Waals surface area (Å²) in [5.41, 5.74) is 0. The van der Waals surface area contributed by atoms with Crippen molar-refractivity contribution in [1.82, 2.24) is 10.2 Å². The fraction of sp³-hybridized carbons (Fsp3) is 0.833. The summed E-state index contributed by atoms with van der Waals surface area (Å²) in [6.45, 7) is 2.92. The standard InChI is InChI=1S/C12H22N2O3/c1-14-7-3-4-10(9-14)5-6-13-11(15)8-12(16)17-2/h10H,3-9H2,1-2H3,(H,13,15). The van der Waals surface area contributed by atoms with E-state index in [9.17, 15) is 9.59 Å². The first kappa shape index (κ1) is 14.0. The maximum atomic E-state index is 11.3. The first-order chi connectivity index (χ1) is 8.11. The van der Waals surface area contributed by atoms with Crippen molar-refractivity contribution < 1.29 is 14.3 Å². The first-order valence-corrected chi connectivity index (χ1v) is 6.14. The smallest absolute Gasteiger partial charge is 0.315 e. The van der Waals surface area contributed by atoms with Gasteiger partial charge in [-0.15, -0.1) is 0 Å². The third-order valence-electron chi connectivity index (χ3n) is 3.13. The molecule has 1 amide bonds. The Labute approximate surface area is 102 Å². The lowest BCUT2D eigenvalue weighted by atomic mass is 9.95. The summed E-state index contributed by atoms with van der Waals surface area (Å²) in [5.74, 6) is -0.0758. The third-order valence-corrected chi connectivity index (χ3v) is 3.13. The minimum absolute atomic E-state index is 0.179. The second-order valence-electron chi connectivity index (χ2n) is 4.66. The molecule has 1 fully saturated rings. The Kier molecular flexibility index (Phi) is 5.97. The number of likely N-dealkylation sites (tertiary alicyclic amines) is 1. The number of nitrogens with zero attached hydrogens (tertiary/aromatic N) is 1. The molecule has 1 unspecified atom stereocenters. The van der Waals surface area contributed by atoms with Gasteiger partial charge in [-0.2, -0.15) is 0 Å². The van der Waals surface area contributed by atoms with Crippen molar-refractivity contribution >= 4 is 11.9 Å². The average Bonchev–Trinajstić information content (AvgIpc) is 2.29. The Balaban J connectivity index is 2.10. The second kappa shape index (κ2) is 7.27. The highest BCUT2D eigenvalue weighted by Crippen LogP contribution is 2.17. The molecule has 0 aromatic rings. The van der Waals surface area contributed by atoms with Gasteiger partial charge in [-0.05, 0) is 38.8 Å². The van der Waals surface area contributed by atoms with Crippen LogP contribution in [0.2, 0.25) is 0 Å². The van der Waals surface area contributed by atoms with Gasteiger partial charge in [-0.1, -0.05) is 0 Å². The van der Waals surface area contributed by atoms with Crippen LogP contribution in [0.1, 0.15) is 25.7 Å². The van der Waals surface area contributed by atoms with Crippen LogP contribution in [-0.4, -0.2) is 50.6 Å². The molecule has 17 heavy (non-hydrogen) atoms. The topological polar surface area (TPSA) is 58.6 Å². The number of rotatable bonds is 5. The van der Waals surface area contributed by atoms with Crippen molar-refractivity contribution in [2.45, 2.75) is 25.7 Å². The molecule has 0 spiro atoms. The molecule has 1 heterocycles. The Morgan fingerprint density at radius 2 is 2.24 bits per heavy atom. The van der Waals surface area contributed by atoms with Crippen LogP contribution in [-0.2, 0) is 14.3 Å². The molecule has 0 aromatic heterocycles. The highest BCUT2D eigenvalue weighted by Gasteiger charge is 2.17. The number of carbonyl (C=O) groups excluding carboxylic acids is 2. The van der Waals surface area contributed by atoms with E-state index in [0.29, 0.717) is 12.5 Å². The van der Waals surface area contributed by atoms with Crippen molar-refractivity contribution in [3.05, 3.63) is 0 Å². The molecule has 1 aliphatic rings. The summed E-state index contributed by atoms with van der Waals surface area (Å²) in [7, 11) is 3.41. The van der Waals surface area contributed by atoms with Crippen LogP contribution in [0.5, 0.6) is 0 Å². The van der Waals surface area contributed by atoms with Crippen LogP contribution in [0.4, 0.5) is 0 Å². The molecule has 1 saturated heterocycles. The largest absolute Gasteiger partial charge is 0.469 e. The summed E-state index contributed by atoms with van der Waals surface area (Å²) in [4.78, 5) is 24.5. The fourth-order valence-corrected chi connectivity index (χ4v) is 2.19. The zero-order valence-electron chi connectivity index (χ0n) is 10.7. The van der Waals surface area contributed by atoms with Crippen molar-refractivity contribution in [3.63, 3.8) is 0 Å². The predicted octanol–water partition coefficient (Wildman–Crippen LogP) is 0.398. The summed E-state index contributed by atoms with van der Waals surface area (Å²) < 4.78 is 4.42. The fourth-order valence-electron chi connectivity index (χ4n) is 2.19. The molecule has 5 nitrogen and oxygen atoms in total. The van der Waals surface area contributed by atoms with Gasteiger partial charge in [-0.25, -0.2) is 0 Å². The third kappa shape index (κ3) is 5.68. The maximum absolute atomic E-state index is 11.3. The Bertz CT molecular complexity index is 268. The molecule has 0 radical (unpaired) electrons. The van der Waals surface area contributed by atoms with Gasteiger partial charge in [0.05, 0.1) is 7.11 Å². The highest BCUT2D eigenvalue weighted by molar-refractivity contribution is 5.94. The van der Waals surface area contributed by atoms with Gasteiger partial charge in [0.25, 0.3) is 0 Å². The Morgan fingerprint density at radius 1 is 1.47 bits per heavy atom. The summed E-state index contributed by atoms with van der Waals surface area (Å²) >= 11 is 0. The van der Waals surface area contributed by atoms with Crippen molar-refractivity contribution in [3.8, 4) is 0 Å². The van der Waals surface area contributed by atoms with Gasteiger partial charge < -0.3 is 15.0 Å². The van der Waals surface area contributed by atoms with E-state index in [4.69, 9.17) is 0 Å². The lowest BCUT2D eigenvalue weighted by Crippen LogP contribution is -2.35. The number of methoxy groups -OCH3 is 1. The van der Waals surface area contributed by atoms with E-state index >= 15 is 0 Å². The molecule has 1 aliphatic heterocycles. The molecule has 5 heteroatoms. The van der Waals surface area contributed by atoms with E-state index in [0.717, 1.165) is 13.0 Å². The van der Waals surface area contributed by atoms with Crippen LogP contribution in [0, 0.1) is 5.92 Å². The molecular formula is C12H22N2O3. The van der Waals surface area contributed by atoms with Crippen LogP contribution < -0.4 is 5.32 Å². The molecule has 98 valence electrons. The Hall–Kier alpha value is -1.10. The van der Waals surface area contributed by atoms with E-state index in [1.54, 1.807) is 0 Å². The number of hydrogen-bond acceptors (Lipinski definition) is 4. The number of piperidine rings is 1.